The van der Waals surface area contributed by atoms with Crippen LogP contribution in [0.1, 0.15) is 6.42 Å². The van der Waals surface area contributed by atoms with E-state index in [4.69, 9.17) is 4.74 Å². The quantitative estimate of drug-likeness (QED) is 0.290. The van der Waals surface area contributed by atoms with Crippen LogP contribution in [0.25, 0.3) is 0 Å². The van der Waals surface area contributed by atoms with Gasteiger partial charge in [-0.05, 0) is 36.4 Å². The van der Waals surface area contributed by atoms with Gasteiger partial charge in [-0.15, -0.1) is 0 Å². The lowest BCUT2D eigenvalue weighted by Gasteiger charge is -2.27. The normalized spacial score (nSPS) is 10.9. The van der Waals surface area contributed by atoms with Gasteiger partial charge in [0.25, 0.3) is 0 Å². The molecular formula is C22H24IOP. The molecular weight excluding hydrogens is 438 g/mol. The van der Waals surface area contributed by atoms with E-state index in [9.17, 15) is 0 Å². The van der Waals surface area contributed by atoms with Crippen molar-refractivity contribution in [2.45, 2.75) is 6.42 Å². The summed E-state index contributed by atoms with van der Waals surface area (Å²) < 4.78 is 5.36. The zero-order valence-electron chi connectivity index (χ0n) is 14.5. The van der Waals surface area contributed by atoms with Gasteiger partial charge in [-0.25, -0.2) is 0 Å². The summed E-state index contributed by atoms with van der Waals surface area (Å²) in [4.78, 5) is 0. The van der Waals surface area contributed by atoms with Gasteiger partial charge in [0.05, 0.1) is 6.16 Å². The van der Waals surface area contributed by atoms with Crippen LogP contribution < -0.4 is 39.9 Å². The van der Waals surface area contributed by atoms with Crippen LogP contribution in [0.4, 0.5) is 0 Å². The smallest absolute Gasteiger partial charge is 0.112 e. The van der Waals surface area contributed by atoms with Crippen LogP contribution in [-0.2, 0) is 4.74 Å². The summed E-state index contributed by atoms with van der Waals surface area (Å²) in [5.74, 6) is 0. The van der Waals surface area contributed by atoms with Gasteiger partial charge in [-0.2, -0.15) is 0 Å². The van der Waals surface area contributed by atoms with E-state index in [1.165, 1.54) is 15.9 Å². The van der Waals surface area contributed by atoms with Crippen molar-refractivity contribution in [1.29, 1.82) is 0 Å². The van der Waals surface area contributed by atoms with E-state index >= 15 is 0 Å². The molecule has 3 heteroatoms. The maximum Gasteiger partial charge on any atom is 0.112 e. The number of hydrogen-bond donors (Lipinski definition) is 0. The first-order valence-corrected chi connectivity index (χ1v) is 10.4. The number of methoxy groups -OCH3 is 1. The fourth-order valence-electron chi connectivity index (χ4n) is 3.33. The summed E-state index contributed by atoms with van der Waals surface area (Å²) in [6, 6.07) is 33.0. The summed E-state index contributed by atoms with van der Waals surface area (Å²) in [5, 5.41) is 4.33. The van der Waals surface area contributed by atoms with Crippen molar-refractivity contribution in [3.05, 3.63) is 91.0 Å². The summed E-state index contributed by atoms with van der Waals surface area (Å²) in [5.41, 5.74) is 0. The lowest BCUT2D eigenvalue weighted by atomic mass is 10.4. The molecule has 0 heterocycles. The van der Waals surface area contributed by atoms with Crippen LogP contribution in [-0.4, -0.2) is 19.9 Å². The third kappa shape index (κ3) is 4.49. The largest absolute Gasteiger partial charge is 1.00 e. The Kier molecular flexibility index (Phi) is 8.08. The third-order valence-electron chi connectivity index (χ3n) is 4.43. The minimum atomic E-state index is -1.66. The summed E-state index contributed by atoms with van der Waals surface area (Å²) >= 11 is 0. The summed E-state index contributed by atoms with van der Waals surface area (Å²) in [6.07, 6.45) is 2.18. The van der Waals surface area contributed by atoms with Crippen LogP contribution in [0.15, 0.2) is 91.0 Å². The summed E-state index contributed by atoms with van der Waals surface area (Å²) in [6.45, 7) is 0.800. The number of halogens is 1. The monoisotopic (exact) mass is 462 g/mol. The van der Waals surface area contributed by atoms with Gasteiger partial charge >= 0.3 is 0 Å². The molecule has 25 heavy (non-hydrogen) atoms. The predicted molar refractivity (Wildman–Crippen MR) is 107 cm³/mol. The molecule has 0 amide bonds. The van der Waals surface area contributed by atoms with Gasteiger partial charge in [-0.1, -0.05) is 54.6 Å². The molecule has 0 radical (unpaired) electrons. The third-order valence-corrected chi connectivity index (χ3v) is 8.96. The van der Waals surface area contributed by atoms with Gasteiger partial charge in [0.1, 0.15) is 23.2 Å². The van der Waals surface area contributed by atoms with Crippen LogP contribution in [0.2, 0.25) is 0 Å². The van der Waals surface area contributed by atoms with E-state index < -0.39 is 7.26 Å². The van der Waals surface area contributed by atoms with Crippen molar-refractivity contribution in [3.63, 3.8) is 0 Å². The molecule has 0 saturated carbocycles. The van der Waals surface area contributed by atoms with Gasteiger partial charge in [0.15, 0.2) is 0 Å². The highest BCUT2D eigenvalue weighted by Crippen LogP contribution is 2.55. The van der Waals surface area contributed by atoms with Crippen molar-refractivity contribution in [3.8, 4) is 0 Å². The minimum absolute atomic E-state index is 0. The van der Waals surface area contributed by atoms with Gasteiger partial charge in [0, 0.05) is 20.1 Å². The topological polar surface area (TPSA) is 9.23 Å². The SMILES string of the molecule is COCCC[P+](c1ccccc1)(c1ccccc1)c1ccccc1.[I-]. The van der Waals surface area contributed by atoms with Crippen molar-refractivity contribution >= 4 is 23.2 Å². The van der Waals surface area contributed by atoms with Crippen LogP contribution in [0, 0.1) is 0 Å². The molecule has 3 aromatic carbocycles. The molecule has 1 nitrogen and oxygen atoms in total. The molecule has 0 aliphatic rings. The molecule has 3 rings (SSSR count). The van der Waals surface area contributed by atoms with Gasteiger partial charge in [-0.3, -0.25) is 0 Å². The maximum absolute atomic E-state index is 5.36. The Morgan fingerprint density at radius 2 is 1.00 bits per heavy atom. The average molecular weight is 462 g/mol. The van der Waals surface area contributed by atoms with E-state index in [0.29, 0.717) is 0 Å². The fourth-order valence-corrected chi connectivity index (χ4v) is 7.64. The number of hydrogen-bond acceptors (Lipinski definition) is 1. The Hall–Kier alpha value is -1.22. The van der Waals surface area contributed by atoms with Crippen LogP contribution >= 0.6 is 7.26 Å². The van der Waals surface area contributed by atoms with E-state index in [-0.39, 0.29) is 24.0 Å². The molecule has 0 spiro atoms. The Morgan fingerprint density at radius 3 is 1.32 bits per heavy atom. The molecule has 0 aliphatic heterocycles. The molecule has 0 aliphatic carbocycles. The number of ether oxygens (including phenoxy) is 1. The highest BCUT2D eigenvalue weighted by atomic mass is 127. The fraction of sp³-hybridized carbons (Fsp3) is 0.182. The number of rotatable bonds is 7. The molecule has 0 aromatic heterocycles. The number of benzene rings is 3. The highest BCUT2D eigenvalue weighted by Gasteiger charge is 2.44. The van der Waals surface area contributed by atoms with E-state index in [1.807, 2.05) is 0 Å². The van der Waals surface area contributed by atoms with Crippen molar-refractivity contribution in [2.75, 3.05) is 19.9 Å². The zero-order valence-corrected chi connectivity index (χ0v) is 17.6. The molecule has 0 atom stereocenters. The second-order valence-corrected chi connectivity index (χ2v) is 9.50. The molecule has 0 unspecified atom stereocenters. The van der Waals surface area contributed by atoms with Crippen molar-refractivity contribution in [1.82, 2.24) is 0 Å². The Balaban J connectivity index is 0.00000225. The first-order valence-electron chi connectivity index (χ1n) is 8.42. The molecule has 0 saturated heterocycles. The summed E-state index contributed by atoms with van der Waals surface area (Å²) in [7, 11) is 0.122. The molecule has 130 valence electrons. The Morgan fingerprint density at radius 1 is 0.640 bits per heavy atom. The van der Waals surface area contributed by atoms with Crippen molar-refractivity contribution < 1.29 is 28.7 Å². The Labute approximate surface area is 168 Å². The highest BCUT2D eigenvalue weighted by molar-refractivity contribution is 7.95. The van der Waals surface area contributed by atoms with Gasteiger partial charge < -0.3 is 28.7 Å². The van der Waals surface area contributed by atoms with Crippen LogP contribution in [0.5, 0.6) is 0 Å². The molecule has 0 bridgehead atoms. The first-order chi connectivity index (χ1) is 11.9. The van der Waals surface area contributed by atoms with E-state index in [0.717, 1.165) is 19.2 Å². The second-order valence-electron chi connectivity index (χ2n) is 5.89. The van der Waals surface area contributed by atoms with E-state index in [1.54, 1.807) is 7.11 Å². The average Bonchev–Trinajstić information content (AvgIpc) is 2.68. The molecule has 0 N–H and O–H groups in total. The minimum Gasteiger partial charge on any atom is -1.00 e. The standard InChI is InChI=1S/C22H24OP.HI/c1-23-18-11-19-24(20-12-5-2-6-13-20,21-14-7-3-8-15-21)22-16-9-4-10-17-22;/h2-10,12-17H,11,18-19H2,1H3;1H/q+1;/p-1. The lowest BCUT2D eigenvalue weighted by molar-refractivity contribution is -0.00000505. The lowest BCUT2D eigenvalue weighted by Crippen LogP contribution is -3.00. The molecule has 0 fully saturated rings. The maximum atomic E-state index is 5.36. The van der Waals surface area contributed by atoms with Crippen LogP contribution in [0.3, 0.4) is 0 Å². The molecule has 3 aromatic rings. The van der Waals surface area contributed by atoms with Gasteiger partial charge in [0.2, 0.25) is 0 Å². The Bertz CT molecular complexity index is 635. The van der Waals surface area contributed by atoms with E-state index in [2.05, 4.69) is 91.0 Å². The first kappa shape index (κ1) is 20.1. The zero-order chi connectivity index (χ0) is 16.7. The second kappa shape index (κ2) is 10.1. The predicted octanol–water partition coefficient (Wildman–Crippen LogP) is 1.02. The van der Waals surface area contributed by atoms with Crippen molar-refractivity contribution in [2.24, 2.45) is 0 Å².